The first-order valence-corrected chi connectivity index (χ1v) is 5.34. The lowest BCUT2D eigenvalue weighted by atomic mass is 9.89. The fraction of sp³-hybridized carbons (Fsp3) is 0.273. The van der Waals surface area contributed by atoms with Crippen molar-refractivity contribution in [3.05, 3.63) is 45.9 Å². The van der Waals surface area contributed by atoms with Gasteiger partial charge in [-0.3, -0.25) is 0 Å². The lowest BCUT2D eigenvalue weighted by Gasteiger charge is -2.04. The Labute approximate surface area is 89.6 Å². The summed E-state index contributed by atoms with van der Waals surface area (Å²) >= 11 is 3.50. The molecule has 0 saturated heterocycles. The molecule has 0 radical (unpaired) electrons. The number of allylic oxidation sites excluding steroid dienone is 7. The molecule has 68 valence electrons. The number of hydrogen-bond acceptors (Lipinski definition) is 0. The van der Waals surface area contributed by atoms with Crippen molar-refractivity contribution in [3.63, 3.8) is 0 Å². The van der Waals surface area contributed by atoms with E-state index < -0.39 is 0 Å². The third kappa shape index (κ3) is 2.47. The molecule has 0 heterocycles. The maximum atomic E-state index is 4.05. The van der Waals surface area contributed by atoms with Crippen molar-refractivity contribution < 1.29 is 0 Å². The molecule has 2 heteroatoms. The Hall–Kier alpha value is -0.495. The van der Waals surface area contributed by atoms with Crippen LogP contribution in [-0.4, -0.2) is 7.85 Å². The third-order valence-corrected chi connectivity index (χ3v) is 2.98. The molecule has 1 aliphatic rings. The first-order valence-electron chi connectivity index (χ1n) is 4.54. The van der Waals surface area contributed by atoms with Gasteiger partial charge in [-0.15, -0.1) is 0 Å². The van der Waals surface area contributed by atoms with Gasteiger partial charge in [0.15, 0.2) is 0 Å². The van der Waals surface area contributed by atoms with E-state index in [1.165, 1.54) is 11.0 Å². The fourth-order valence-electron chi connectivity index (χ4n) is 1.49. The molecule has 0 aliphatic heterocycles. The highest BCUT2D eigenvalue weighted by molar-refractivity contribution is 9.12. The van der Waals surface area contributed by atoms with E-state index in [9.17, 15) is 0 Å². The molecular weight excluding hydrogens is 223 g/mol. The monoisotopic (exact) mass is 236 g/mol. The molecule has 0 spiro atoms. The highest BCUT2D eigenvalue weighted by atomic mass is 79.9. The van der Waals surface area contributed by atoms with Gasteiger partial charge in [-0.2, -0.15) is 0 Å². The molecule has 1 rings (SSSR count). The minimum absolute atomic E-state index is 1.10. The van der Waals surface area contributed by atoms with Crippen molar-refractivity contribution in [2.24, 2.45) is 0 Å². The Balaban J connectivity index is 2.63. The van der Waals surface area contributed by atoms with E-state index in [4.69, 9.17) is 0 Å². The van der Waals surface area contributed by atoms with E-state index in [0.717, 1.165) is 22.9 Å². The Morgan fingerprint density at radius 2 is 2.31 bits per heavy atom. The Kier molecular flexibility index (Phi) is 3.79. The molecule has 0 aromatic carbocycles. The molecule has 0 N–H and O–H groups in total. The van der Waals surface area contributed by atoms with Crippen LogP contribution in [-0.2, 0) is 0 Å². The van der Waals surface area contributed by atoms with E-state index in [-0.39, 0.29) is 0 Å². The van der Waals surface area contributed by atoms with Gasteiger partial charge < -0.3 is 0 Å². The van der Waals surface area contributed by atoms with Crippen molar-refractivity contribution in [3.8, 4) is 0 Å². The maximum absolute atomic E-state index is 4.05. The largest absolute Gasteiger partial charge is 0.139 e. The first kappa shape index (κ1) is 10.6. The summed E-state index contributed by atoms with van der Waals surface area (Å²) in [6.07, 6.45) is 8.64. The van der Waals surface area contributed by atoms with Gasteiger partial charge in [-0.1, -0.05) is 46.2 Å². The minimum atomic E-state index is 1.10. The molecule has 0 saturated carbocycles. The zero-order valence-corrected chi connectivity index (χ0v) is 9.82. The van der Waals surface area contributed by atoms with E-state index in [1.807, 2.05) is 0 Å². The quantitative estimate of drug-likeness (QED) is 0.522. The smallest absolute Gasteiger partial charge is 0.0917 e. The summed E-state index contributed by atoms with van der Waals surface area (Å²) in [5, 5.41) is 0. The van der Waals surface area contributed by atoms with Gasteiger partial charge in [0.05, 0.1) is 0 Å². The topological polar surface area (TPSA) is 0 Å². The summed E-state index contributed by atoms with van der Waals surface area (Å²) in [5.74, 6) is 0. The van der Waals surface area contributed by atoms with E-state index in [2.05, 4.69) is 55.5 Å². The van der Waals surface area contributed by atoms with Crippen molar-refractivity contribution >= 4 is 23.8 Å². The van der Waals surface area contributed by atoms with Crippen LogP contribution in [0.3, 0.4) is 0 Å². The van der Waals surface area contributed by atoms with Crippen molar-refractivity contribution in [1.82, 2.24) is 0 Å². The van der Waals surface area contributed by atoms with E-state index in [1.54, 1.807) is 0 Å². The van der Waals surface area contributed by atoms with Gasteiger partial charge in [-0.05, 0) is 30.9 Å². The van der Waals surface area contributed by atoms with Gasteiger partial charge in [0.1, 0.15) is 7.85 Å². The molecule has 0 nitrogen and oxygen atoms in total. The first-order chi connectivity index (χ1) is 6.16. The van der Waals surface area contributed by atoms with Crippen LogP contribution in [0.2, 0.25) is 0 Å². The van der Waals surface area contributed by atoms with Gasteiger partial charge in [0, 0.05) is 4.48 Å². The van der Waals surface area contributed by atoms with Crippen LogP contribution in [0, 0.1) is 0 Å². The van der Waals surface area contributed by atoms with Crippen molar-refractivity contribution in [2.75, 3.05) is 0 Å². The fourth-order valence-corrected chi connectivity index (χ4v) is 2.07. The van der Waals surface area contributed by atoms with Crippen LogP contribution in [0.15, 0.2) is 45.9 Å². The maximum Gasteiger partial charge on any atom is 0.139 e. The second-order valence-corrected chi connectivity index (χ2v) is 4.09. The normalized spacial score (nSPS) is 17.4. The standard InChI is InChI=1S/C11H14BBr/c1-3-4-5-6-9-8(2)11(13)7-10(9)12/h3-4,7H,2,5-6,12H2,1H3/b4-3-. The van der Waals surface area contributed by atoms with Crippen LogP contribution in [0.5, 0.6) is 0 Å². The Bertz CT molecular complexity index is 308. The van der Waals surface area contributed by atoms with Gasteiger partial charge in [0.2, 0.25) is 0 Å². The molecule has 13 heavy (non-hydrogen) atoms. The molecule has 0 aromatic rings. The lowest BCUT2D eigenvalue weighted by Crippen LogP contribution is -1.87. The summed E-state index contributed by atoms with van der Waals surface area (Å²) < 4.78 is 1.14. The second kappa shape index (κ2) is 4.66. The average molecular weight is 237 g/mol. The zero-order chi connectivity index (χ0) is 9.84. The van der Waals surface area contributed by atoms with Crippen LogP contribution < -0.4 is 0 Å². The summed E-state index contributed by atoms with van der Waals surface area (Å²) in [5.41, 5.74) is 3.90. The van der Waals surface area contributed by atoms with E-state index in [0.29, 0.717) is 0 Å². The molecule has 1 aliphatic carbocycles. The number of hydrogen-bond donors (Lipinski definition) is 0. The van der Waals surface area contributed by atoms with Crippen LogP contribution in [0.1, 0.15) is 19.8 Å². The molecule has 0 atom stereocenters. The lowest BCUT2D eigenvalue weighted by molar-refractivity contribution is 0.996. The highest BCUT2D eigenvalue weighted by Crippen LogP contribution is 2.34. The average Bonchev–Trinajstić information content (AvgIpc) is 2.32. The molecule has 0 unspecified atom stereocenters. The molecule has 0 bridgehead atoms. The summed E-state index contributed by atoms with van der Waals surface area (Å²) in [6, 6.07) is 0. The molecule has 0 fully saturated rings. The Morgan fingerprint density at radius 1 is 1.62 bits per heavy atom. The highest BCUT2D eigenvalue weighted by Gasteiger charge is 2.14. The summed E-state index contributed by atoms with van der Waals surface area (Å²) in [7, 11) is 2.14. The third-order valence-electron chi connectivity index (χ3n) is 2.27. The predicted octanol–water partition coefficient (Wildman–Crippen LogP) is 3.08. The predicted molar refractivity (Wildman–Crippen MR) is 65.8 cm³/mol. The number of rotatable bonds is 3. The van der Waals surface area contributed by atoms with Crippen LogP contribution in [0.4, 0.5) is 0 Å². The summed E-state index contributed by atoms with van der Waals surface area (Å²) in [4.78, 5) is 0. The van der Waals surface area contributed by atoms with Gasteiger partial charge >= 0.3 is 0 Å². The molecular formula is C11H14BBr. The van der Waals surface area contributed by atoms with E-state index >= 15 is 0 Å². The van der Waals surface area contributed by atoms with Crippen LogP contribution in [0.25, 0.3) is 0 Å². The number of halogens is 1. The second-order valence-electron chi connectivity index (χ2n) is 3.24. The van der Waals surface area contributed by atoms with Crippen molar-refractivity contribution in [2.45, 2.75) is 19.8 Å². The molecule has 0 aromatic heterocycles. The minimum Gasteiger partial charge on any atom is -0.0917 e. The van der Waals surface area contributed by atoms with Gasteiger partial charge in [0.25, 0.3) is 0 Å². The summed E-state index contributed by atoms with van der Waals surface area (Å²) in [6.45, 7) is 6.10. The Morgan fingerprint density at radius 3 is 2.77 bits per heavy atom. The van der Waals surface area contributed by atoms with Crippen molar-refractivity contribution in [1.29, 1.82) is 0 Å². The molecule has 0 amide bonds. The SMILES string of the molecule is BC1=C(CC/C=C\C)C(=C)C(Br)=C1. The van der Waals surface area contributed by atoms with Crippen LogP contribution >= 0.6 is 15.9 Å². The zero-order valence-electron chi connectivity index (χ0n) is 8.23. The van der Waals surface area contributed by atoms with Gasteiger partial charge in [-0.25, -0.2) is 0 Å².